The number of ether oxygens (including phenoxy) is 2. The van der Waals surface area contributed by atoms with Gasteiger partial charge >= 0.3 is 11.9 Å². The Bertz CT molecular complexity index is 1560. The van der Waals surface area contributed by atoms with Crippen LogP contribution in [0.15, 0.2) is 30.6 Å². The van der Waals surface area contributed by atoms with Crippen molar-refractivity contribution in [3.05, 3.63) is 41.4 Å². The second-order valence-electron chi connectivity index (χ2n) is 9.53. The van der Waals surface area contributed by atoms with Gasteiger partial charge in [-0.15, -0.1) is 0 Å². The molecule has 1 aliphatic rings. The number of nitrogen functional groups attached to an aromatic ring is 1. The normalized spacial score (nSPS) is 17.6. The van der Waals surface area contributed by atoms with Gasteiger partial charge in [-0.3, -0.25) is 8.87 Å². The number of aromatic nitrogens is 4. The number of carboxylic acid groups (broad SMARTS) is 2. The summed E-state index contributed by atoms with van der Waals surface area (Å²) in [5, 5.41) is 30.3. The third kappa shape index (κ3) is 6.10. The fourth-order valence-corrected chi connectivity index (χ4v) is 6.34. The molecule has 1 saturated heterocycles. The van der Waals surface area contributed by atoms with Crippen LogP contribution in [0.2, 0.25) is 5.28 Å². The Morgan fingerprint density at radius 3 is 2.45 bits per heavy atom. The van der Waals surface area contributed by atoms with Crippen LogP contribution in [0.5, 0.6) is 0 Å². The molecule has 1 aromatic carbocycles. The molecule has 1 fully saturated rings. The Morgan fingerprint density at radius 1 is 1.19 bits per heavy atom. The molecular weight excluding hydrogens is 603 g/mol. The molecule has 3 aromatic rings. The zero-order chi connectivity index (χ0) is 30.8. The molecule has 15 nitrogen and oxygen atoms in total. The summed E-state index contributed by atoms with van der Waals surface area (Å²) in [5.41, 5.74) is 3.29. The van der Waals surface area contributed by atoms with Crippen molar-refractivity contribution in [2.24, 2.45) is 0 Å². The number of imidazole rings is 1. The summed E-state index contributed by atoms with van der Waals surface area (Å²) in [7, 11) is -2.41. The molecule has 4 rings (SSSR count). The molecular formula is C24H28ClFN6O9S. The van der Waals surface area contributed by atoms with Crippen LogP contribution in [0, 0.1) is 0 Å². The first-order valence-electron chi connectivity index (χ1n) is 12.5. The minimum Gasteiger partial charge on any atom is -0.479 e. The van der Waals surface area contributed by atoms with Crippen LogP contribution in [0.4, 0.5) is 15.9 Å². The predicted octanol–water partition coefficient (Wildman–Crippen LogP) is 1.00. The van der Waals surface area contributed by atoms with E-state index in [-0.39, 0.29) is 40.1 Å². The van der Waals surface area contributed by atoms with Crippen LogP contribution in [-0.2, 0) is 35.5 Å². The van der Waals surface area contributed by atoms with Gasteiger partial charge in [-0.25, -0.2) is 27.4 Å². The largest absolute Gasteiger partial charge is 0.479 e. The van der Waals surface area contributed by atoms with Gasteiger partial charge in [0.25, 0.3) is 5.60 Å². The number of halogens is 2. The number of hydrogen-bond donors (Lipinski definition) is 4. The number of sulfonamides is 1. The van der Waals surface area contributed by atoms with Gasteiger partial charge in [-0.1, -0.05) is 12.1 Å². The summed E-state index contributed by atoms with van der Waals surface area (Å²) in [6.45, 7) is -0.567. The monoisotopic (exact) mass is 630 g/mol. The zero-order valence-corrected chi connectivity index (χ0v) is 23.7. The van der Waals surface area contributed by atoms with Gasteiger partial charge in [-0.2, -0.15) is 9.97 Å². The number of hydrogen-bond acceptors (Lipinski definition) is 11. The van der Waals surface area contributed by atoms with E-state index in [0.29, 0.717) is 18.5 Å². The molecule has 0 bridgehead atoms. The number of aliphatic hydroxyl groups is 1. The fraction of sp³-hybridized carbons (Fsp3) is 0.458. The maximum Gasteiger partial charge on any atom is 0.348 e. The molecule has 3 atom stereocenters. The van der Waals surface area contributed by atoms with Crippen molar-refractivity contribution < 1.29 is 47.2 Å². The Morgan fingerprint density at radius 2 is 1.86 bits per heavy atom. The lowest BCUT2D eigenvalue weighted by atomic mass is 9.94. The lowest BCUT2D eigenvalue weighted by Crippen LogP contribution is -2.53. The van der Waals surface area contributed by atoms with E-state index in [1.165, 1.54) is 28.6 Å². The molecule has 228 valence electrons. The van der Waals surface area contributed by atoms with Crippen molar-refractivity contribution in [3.8, 4) is 0 Å². The van der Waals surface area contributed by atoms with Crippen molar-refractivity contribution in [2.75, 3.05) is 36.1 Å². The second-order valence-corrected chi connectivity index (χ2v) is 11.9. The van der Waals surface area contributed by atoms with Crippen LogP contribution in [0.25, 0.3) is 11.2 Å². The molecule has 1 aliphatic heterocycles. The molecule has 0 saturated carbocycles. The number of carboxylic acids is 2. The molecule has 0 aliphatic carbocycles. The van der Waals surface area contributed by atoms with E-state index >= 15 is 4.39 Å². The Hall–Kier alpha value is -3.64. The first kappa shape index (κ1) is 31.3. The number of methoxy groups -OCH3 is 1. The lowest BCUT2D eigenvalue weighted by Gasteiger charge is -2.30. The number of rotatable bonds is 12. The van der Waals surface area contributed by atoms with E-state index in [1.54, 1.807) is 0 Å². The van der Waals surface area contributed by atoms with Crippen molar-refractivity contribution in [2.45, 2.75) is 43.4 Å². The number of benzene rings is 1. The number of carbonyl (C=O) groups is 2. The number of nitrogens with zero attached hydrogens (tertiary/aromatic N) is 5. The zero-order valence-electron chi connectivity index (χ0n) is 22.1. The quantitative estimate of drug-likeness (QED) is 0.162. The van der Waals surface area contributed by atoms with Crippen molar-refractivity contribution in [1.82, 2.24) is 19.5 Å². The third-order valence-corrected chi connectivity index (χ3v) is 8.90. The van der Waals surface area contributed by atoms with E-state index in [4.69, 9.17) is 26.8 Å². The molecule has 42 heavy (non-hydrogen) atoms. The Kier molecular flexibility index (Phi) is 9.17. The lowest BCUT2D eigenvalue weighted by molar-refractivity contribution is -0.192. The minimum atomic E-state index is -3.49. The Labute approximate surface area is 243 Å². The minimum absolute atomic E-state index is 0.00256. The number of fused-ring (bicyclic) bond motifs is 1. The molecule has 0 amide bonds. The Balaban J connectivity index is 1.53. The highest BCUT2D eigenvalue weighted by molar-refractivity contribution is 7.92. The average Bonchev–Trinajstić information content (AvgIpc) is 3.36. The number of aliphatic hydroxyl groups excluding tert-OH is 1. The molecule has 0 radical (unpaired) electrons. The maximum atomic E-state index is 15.4. The third-order valence-electron chi connectivity index (χ3n) is 6.86. The summed E-state index contributed by atoms with van der Waals surface area (Å²) < 4.78 is 52.7. The van der Waals surface area contributed by atoms with Crippen LogP contribution in [0.3, 0.4) is 0 Å². The summed E-state index contributed by atoms with van der Waals surface area (Å²) in [6.07, 6.45) is -4.33. The van der Waals surface area contributed by atoms with Crippen LogP contribution in [-0.4, -0.2) is 99.0 Å². The van der Waals surface area contributed by atoms with Crippen molar-refractivity contribution in [3.63, 3.8) is 0 Å². The number of alkyl halides is 1. The standard InChI is InChI=1S/C24H28ClFN6O9S/c1-40-15(17(33)18(26)31-12-28-16-19(27)29-23(25)30-20(16)31)11-41-24(21(34)35,22(36)37)10-13-4-6-14(7-5-13)32-8-2-3-9-42(32,38)39/h4-7,12,15,17-18,33H,2-3,8-11H2,1H3,(H,34,35)(H,36,37)(H2,27,29,30)/t15-,17-,18-/m1/s1. The summed E-state index contributed by atoms with van der Waals surface area (Å²) in [5.74, 6) is -3.85. The fourth-order valence-electron chi connectivity index (χ4n) is 4.53. The van der Waals surface area contributed by atoms with E-state index < -0.39 is 59.1 Å². The summed E-state index contributed by atoms with van der Waals surface area (Å²) >= 11 is 5.80. The van der Waals surface area contributed by atoms with Gasteiger partial charge in [-0.05, 0) is 42.1 Å². The molecule has 0 unspecified atom stereocenters. The molecule has 2 aromatic heterocycles. The van der Waals surface area contributed by atoms with Crippen LogP contribution < -0.4 is 10.0 Å². The molecule has 18 heteroatoms. The predicted molar refractivity (Wildman–Crippen MR) is 146 cm³/mol. The van der Waals surface area contributed by atoms with Gasteiger partial charge in [0.05, 0.1) is 24.4 Å². The molecule has 5 N–H and O–H groups in total. The van der Waals surface area contributed by atoms with E-state index in [0.717, 1.165) is 18.0 Å². The van der Waals surface area contributed by atoms with Gasteiger partial charge in [0.2, 0.25) is 21.6 Å². The van der Waals surface area contributed by atoms with Gasteiger partial charge in [0.15, 0.2) is 11.5 Å². The summed E-state index contributed by atoms with van der Waals surface area (Å²) in [4.78, 5) is 36.0. The topological polar surface area (TPSA) is 220 Å². The number of aliphatic carboxylic acids is 2. The molecule has 3 heterocycles. The second kappa shape index (κ2) is 12.3. The van der Waals surface area contributed by atoms with Crippen LogP contribution >= 0.6 is 11.6 Å². The summed E-state index contributed by atoms with van der Waals surface area (Å²) in [6, 6.07) is 5.68. The van der Waals surface area contributed by atoms with Gasteiger partial charge in [0, 0.05) is 20.1 Å². The highest BCUT2D eigenvalue weighted by Crippen LogP contribution is 2.29. The first-order chi connectivity index (χ1) is 19.8. The van der Waals surface area contributed by atoms with Gasteiger partial charge < -0.3 is 30.5 Å². The maximum absolute atomic E-state index is 15.4. The molecule has 0 spiro atoms. The van der Waals surface area contributed by atoms with Gasteiger partial charge in [0.1, 0.15) is 17.7 Å². The van der Waals surface area contributed by atoms with Crippen molar-refractivity contribution >= 4 is 56.2 Å². The highest BCUT2D eigenvalue weighted by Gasteiger charge is 2.49. The number of nitrogens with two attached hydrogens (primary N) is 1. The first-order valence-corrected chi connectivity index (χ1v) is 14.5. The average molecular weight is 631 g/mol. The van der Waals surface area contributed by atoms with E-state index in [9.17, 15) is 33.3 Å². The smallest absolute Gasteiger partial charge is 0.348 e. The van der Waals surface area contributed by atoms with Crippen LogP contribution in [0.1, 0.15) is 24.7 Å². The number of anilines is 2. The SMILES string of the molecule is CO[C@H](COC(Cc1ccc(N2CCCCS2(=O)=O)cc1)(C(=O)O)C(=O)O)[C@@H](O)[C@H](F)n1cnc2c(N)nc(Cl)nc21. The van der Waals surface area contributed by atoms with E-state index in [2.05, 4.69) is 15.0 Å². The van der Waals surface area contributed by atoms with Crippen molar-refractivity contribution in [1.29, 1.82) is 0 Å². The highest BCUT2D eigenvalue weighted by atomic mass is 35.5. The van der Waals surface area contributed by atoms with E-state index in [1.807, 2.05) is 0 Å².